The third-order valence-electron chi connectivity index (χ3n) is 2.28. The SMILES string of the molecule is CCCNc1nccc(NCc2nc(C)cs2)n1. The monoisotopic (exact) mass is 263 g/mol. The van der Waals surface area contributed by atoms with Crippen molar-refractivity contribution in [3.63, 3.8) is 0 Å². The largest absolute Gasteiger partial charge is 0.363 e. The Morgan fingerprint density at radius 2 is 2.17 bits per heavy atom. The lowest BCUT2D eigenvalue weighted by Crippen LogP contribution is -2.07. The smallest absolute Gasteiger partial charge is 0.224 e. The molecule has 0 aromatic carbocycles. The predicted octanol–water partition coefficient (Wildman–Crippen LogP) is 2.68. The average Bonchev–Trinajstić information content (AvgIpc) is 2.80. The number of aromatic nitrogens is 3. The predicted molar refractivity (Wildman–Crippen MR) is 75.0 cm³/mol. The van der Waals surface area contributed by atoms with E-state index in [1.165, 1.54) is 0 Å². The molecule has 5 nitrogen and oxygen atoms in total. The maximum Gasteiger partial charge on any atom is 0.224 e. The van der Waals surface area contributed by atoms with Crippen LogP contribution in [0.25, 0.3) is 0 Å². The number of rotatable bonds is 6. The van der Waals surface area contributed by atoms with Crippen LogP contribution in [0.3, 0.4) is 0 Å². The van der Waals surface area contributed by atoms with E-state index in [-0.39, 0.29) is 0 Å². The minimum absolute atomic E-state index is 0.664. The summed E-state index contributed by atoms with van der Waals surface area (Å²) in [5.74, 6) is 1.48. The zero-order valence-corrected chi connectivity index (χ0v) is 11.4. The summed E-state index contributed by atoms with van der Waals surface area (Å²) < 4.78 is 0. The van der Waals surface area contributed by atoms with Gasteiger partial charge in [-0.2, -0.15) is 4.98 Å². The molecule has 2 heterocycles. The average molecular weight is 263 g/mol. The molecule has 2 aromatic rings. The molecule has 96 valence electrons. The molecule has 0 aliphatic heterocycles. The lowest BCUT2D eigenvalue weighted by molar-refractivity contribution is 0.949. The molecule has 0 fully saturated rings. The van der Waals surface area contributed by atoms with Gasteiger partial charge in [-0.15, -0.1) is 11.3 Å². The van der Waals surface area contributed by atoms with Crippen LogP contribution < -0.4 is 10.6 Å². The summed E-state index contributed by atoms with van der Waals surface area (Å²) in [7, 11) is 0. The van der Waals surface area contributed by atoms with Crippen molar-refractivity contribution in [1.29, 1.82) is 0 Å². The van der Waals surface area contributed by atoms with Gasteiger partial charge >= 0.3 is 0 Å². The quantitative estimate of drug-likeness (QED) is 0.839. The number of hydrogen-bond acceptors (Lipinski definition) is 6. The van der Waals surface area contributed by atoms with Crippen LogP contribution >= 0.6 is 11.3 Å². The van der Waals surface area contributed by atoms with Crippen LogP contribution in [0, 0.1) is 6.92 Å². The van der Waals surface area contributed by atoms with Gasteiger partial charge in [-0.05, 0) is 19.4 Å². The highest BCUT2D eigenvalue weighted by molar-refractivity contribution is 7.09. The standard InChI is InChI=1S/C12H17N5S/c1-3-5-13-12-14-6-4-10(17-12)15-7-11-16-9(2)8-18-11/h4,6,8H,3,5,7H2,1-2H3,(H2,13,14,15,17). The van der Waals surface area contributed by atoms with Crippen molar-refractivity contribution in [1.82, 2.24) is 15.0 Å². The molecule has 2 N–H and O–H groups in total. The van der Waals surface area contributed by atoms with Gasteiger partial charge in [0.15, 0.2) is 0 Å². The van der Waals surface area contributed by atoms with Crippen molar-refractivity contribution in [3.05, 3.63) is 28.3 Å². The number of nitrogens with one attached hydrogen (secondary N) is 2. The second kappa shape index (κ2) is 6.30. The van der Waals surface area contributed by atoms with Crippen molar-refractivity contribution in [2.24, 2.45) is 0 Å². The van der Waals surface area contributed by atoms with Gasteiger partial charge in [0.25, 0.3) is 0 Å². The van der Waals surface area contributed by atoms with Crippen LogP contribution in [-0.2, 0) is 6.54 Å². The third kappa shape index (κ3) is 3.66. The molecule has 0 bridgehead atoms. The van der Waals surface area contributed by atoms with Crippen LogP contribution in [0.1, 0.15) is 24.0 Å². The Bertz CT molecular complexity index is 497. The Morgan fingerprint density at radius 1 is 1.28 bits per heavy atom. The molecule has 6 heteroatoms. The van der Waals surface area contributed by atoms with Crippen molar-refractivity contribution >= 4 is 23.1 Å². The molecule has 0 aliphatic rings. The van der Waals surface area contributed by atoms with Gasteiger partial charge in [0.05, 0.1) is 6.54 Å². The summed E-state index contributed by atoms with van der Waals surface area (Å²) in [5, 5.41) is 9.52. The molecule has 18 heavy (non-hydrogen) atoms. The van der Waals surface area contributed by atoms with E-state index in [0.717, 1.165) is 29.5 Å². The first kappa shape index (κ1) is 12.8. The second-order valence-corrected chi connectivity index (χ2v) is 4.87. The fourth-order valence-electron chi connectivity index (χ4n) is 1.43. The van der Waals surface area contributed by atoms with Gasteiger partial charge in [-0.3, -0.25) is 0 Å². The highest BCUT2D eigenvalue weighted by atomic mass is 32.1. The first-order valence-corrected chi connectivity index (χ1v) is 6.87. The summed E-state index contributed by atoms with van der Waals surface area (Å²) in [6.07, 6.45) is 2.81. The van der Waals surface area contributed by atoms with Crippen LogP contribution in [0.15, 0.2) is 17.6 Å². The Morgan fingerprint density at radius 3 is 2.89 bits per heavy atom. The lowest BCUT2D eigenvalue weighted by atomic mass is 10.5. The maximum atomic E-state index is 4.39. The fraction of sp³-hybridized carbons (Fsp3) is 0.417. The number of thiazole rings is 1. The Hall–Kier alpha value is -1.69. The van der Waals surface area contributed by atoms with Crippen LogP contribution in [0.4, 0.5) is 11.8 Å². The molecule has 0 atom stereocenters. The molecule has 0 saturated heterocycles. The number of anilines is 2. The van der Waals surface area contributed by atoms with E-state index >= 15 is 0 Å². The molecule has 0 unspecified atom stereocenters. The molecule has 0 spiro atoms. The van der Waals surface area contributed by atoms with E-state index in [0.29, 0.717) is 12.5 Å². The van der Waals surface area contributed by atoms with Gasteiger partial charge in [0.1, 0.15) is 10.8 Å². The zero-order valence-electron chi connectivity index (χ0n) is 10.6. The van der Waals surface area contributed by atoms with E-state index < -0.39 is 0 Å². The van der Waals surface area contributed by atoms with Gasteiger partial charge in [0.2, 0.25) is 5.95 Å². The van der Waals surface area contributed by atoms with Crippen molar-refractivity contribution in [2.75, 3.05) is 17.2 Å². The summed E-state index contributed by atoms with van der Waals surface area (Å²) in [5.41, 5.74) is 1.06. The van der Waals surface area contributed by atoms with Crippen molar-refractivity contribution < 1.29 is 0 Å². The highest BCUT2D eigenvalue weighted by Crippen LogP contribution is 2.12. The second-order valence-electron chi connectivity index (χ2n) is 3.93. The van der Waals surface area contributed by atoms with Gasteiger partial charge < -0.3 is 10.6 Å². The van der Waals surface area contributed by atoms with Gasteiger partial charge in [0, 0.05) is 23.8 Å². The van der Waals surface area contributed by atoms with E-state index in [9.17, 15) is 0 Å². The summed E-state index contributed by atoms with van der Waals surface area (Å²) in [6, 6.07) is 1.86. The minimum Gasteiger partial charge on any atom is -0.363 e. The normalized spacial score (nSPS) is 10.3. The zero-order chi connectivity index (χ0) is 12.8. The number of nitrogens with zero attached hydrogens (tertiary/aromatic N) is 3. The third-order valence-corrected chi connectivity index (χ3v) is 3.24. The molecule has 0 saturated carbocycles. The Labute approximate surface area is 111 Å². The number of hydrogen-bond donors (Lipinski definition) is 2. The maximum absolute atomic E-state index is 4.39. The van der Waals surface area contributed by atoms with E-state index in [1.807, 2.05) is 18.4 Å². The molecule has 0 amide bonds. The van der Waals surface area contributed by atoms with Crippen molar-refractivity contribution in [2.45, 2.75) is 26.8 Å². The fourth-order valence-corrected chi connectivity index (χ4v) is 2.14. The van der Waals surface area contributed by atoms with E-state index in [2.05, 4.69) is 32.5 Å². The first-order valence-electron chi connectivity index (χ1n) is 5.99. The topological polar surface area (TPSA) is 62.7 Å². The Balaban J connectivity index is 1.92. The molecule has 2 rings (SSSR count). The van der Waals surface area contributed by atoms with Crippen LogP contribution in [0.2, 0.25) is 0 Å². The van der Waals surface area contributed by atoms with Crippen LogP contribution in [0.5, 0.6) is 0 Å². The molecule has 0 radical (unpaired) electrons. The number of aryl methyl sites for hydroxylation is 1. The minimum atomic E-state index is 0.664. The molecule has 0 aliphatic carbocycles. The molecular formula is C12H17N5S. The van der Waals surface area contributed by atoms with Gasteiger partial charge in [-0.25, -0.2) is 9.97 Å². The van der Waals surface area contributed by atoms with Crippen LogP contribution in [-0.4, -0.2) is 21.5 Å². The Kier molecular flexibility index (Phi) is 4.46. The van der Waals surface area contributed by atoms with E-state index in [4.69, 9.17) is 0 Å². The lowest BCUT2D eigenvalue weighted by Gasteiger charge is -2.06. The van der Waals surface area contributed by atoms with Crippen molar-refractivity contribution in [3.8, 4) is 0 Å². The summed E-state index contributed by atoms with van der Waals surface area (Å²) >= 11 is 1.65. The van der Waals surface area contributed by atoms with E-state index in [1.54, 1.807) is 17.5 Å². The highest BCUT2D eigenvalue weighted by Gasteiger charge is 2.01. The summed E-state index contributed by atoms with van der Waals surface area (Å²) in [6.45, 7) is 5.69. The van der Waals surface area contributed by atoms with Gasteiger partial charge in [-0.1, -0.05) is 6.92 Å². The molecule has 2 aromatic heterocycles. The first-order chi connectivity index (χ1) is 8.78. The molecular weight excluding hydrogens is 246 g/mol. The summed E-state index contributed by atoms with van der Waals surface area (Å²) in [4.78, 5) is 12.9.